The van der Waals surface area contributed by atoms with Crippen LogP contribution in [0, 0.1) is 5.92 Å². The van der Waals surface area contributed by atoms with Crippen molar-refractivity contribution in [2.24, 2.45) is 5.92 Å². The van der Waals surface area contributed by atoms with Gasteiger partial charge in [0.1, 0.15) is 0 Å². The number of nitrogens with zero attached hydrogens (tertiary/aromatic N) is 4. The number of para-hydroxylation sites is 1. The minimum Gasteiger partial charge on any atom is -0.333 e. The van der Waals surface area contributed by atoms with Gasteiger partial charge in [0.05, 0.1) is 10.6 Å². The van der Waals surface area contributed by atoms with Crippen LogP contribution in [-0.4, -0.2) is 38.2 Å². The summed E-state index contributed by atoms with van der Waals surface area (Å²) in [6.07, 6.45) is 2.10. The van der Waals surface area contributed by atoms with E-state index < -0.39 is 0 Å². The van der Waals surface area contributed by atoms with Crippen molar-refractivity contribution in [2.45, 2.75) is 32.7 Å². The maximum atomic E-state index is 13.1. The molecule has 0 radical (unpaired) electrons. The van der Waals surface area contributed by atoms with E-state index in [1.54, 1.807) is 16.0 Å². The summed E-state index contributed by atoms with van der Waals surface area (Å²) in [4.78, 5) is 20.7. The molecule has 1 fully saturated rings. The molecule has 6 heteroatoms. The smallest absolute Gasteiger partial charge is 0.293 e. The summed E-state index contributed by atoms with van der Waals surface area (Å²) < 4.78 is 1.78. The van der Waals surface area contributed by atoms with Crippen molar-refractivity contribution in [3.8, 4) is 16.4 Å². The van der Waals surface area contributed by atoms with Crippen molar-refractivity contribution in [2.75, 3.05) is 6.54 Å². The third kappa shape index (κ3) is 3.05. The van der Waals surface area contributed by atoms with Gasteiger partial charge in [-0.3, -0.25) is 4.79 Å². The summed E-state index contributed by atoms with van der Waals surface area (Å²) in [5.74, 6) is 1.38. The van der Waals surface area contributed by atoms with E-state index in [4.69, 9.17) is 0 Å². The number of amides is 1. The molecule has 1 amide bonds. The summed E-state index contributed by atoms with van der Waals surface area (Å²) in [6, 6.07) is 14.1. The zero-order valence-corrected chi connectivity index (χ0v) is 15.8. The van der Waals surface area contributed by atoms with Crippen LogP contribution in [-0.2, 0) is 0 Å². The molecule has 0 N–H and O–H groups in total. The zero-order chi connectivity index (χ0) is 18.1. The Hall–Kier alpha value is -2.47. The summed E-state index contributed by atoms with van der Waals surface area (Å²) in [5, 5.41) is 6.61. The number of hydrogen-bond acceptors (Lipinski definition) is 4. The van der Waals surface area contributed by atoms with Crippen molar-refractivity contribution < 1.29 is 4.79 Å². The highest BCUT2D eigenvalue weighted by molar-refractivity contribution is 7.13. The molecule has 1 saturated heterocycles. The minimum absolute atomic E-state index is 0.0614. The van der Waals surface area contributed by atoms with Crippen molar-refractivity contribution in [3.63, 3.8) is 0 Å². The number of hydrogen-bond donors (Lipinski definition) is 0. The molecule has 3 aromatic rings. The molecule has 1 atom stereocenters. The van der Waals surface area contributed by atoms with Gasteiger partial charge in [0.15, 0.2) is 5.82 Å². The Morgan fingerprint density at radius 3 is 2.69 bits per heavy atom. The molecule has 0 unspecified atom stereocenters. The first-order valence-electron chi connectivity index (χ1n) is 9.02. The number of benzene rings is 1. The Morgan fingerprint density at radius 1 is 1.19 bits per heavy atom. The first-order valence-corrected chi connectivity index (χ1v) is 9.90. The Kier molecular flexibility index (Phi) is 4.59. The second-order valence-corrected chi connectivity index (χ2v) is 7.88. The van der Waals surface area contributed by atoms with Crippen molar-refractivity contribution in [3.05, 3.63) is 53.7 Å². The van der Waals surface area contributed by atoms with Gasteiger partial charge in [0.25, 0.3) is 5.91 Å². The van der Waals surface area contributed by atoms with E-state index in [0.717, 1.165) is 35.8 Å². The van der Waals surface area contributed by atoms with E-state index in [1.165, 1.54) is 0 Å². The van der Waals surface area contributed by atoms with Gasteiger partial charge in [0, 0.05) is 12.6 Å². The normalized spacial score (nSPS) is 17.2. The van der Waals surface area contributed by atoms with Gasteiger partial charge >= 0.3 is 0 Å². The predicted octanol–water partition coefficient (Wildman–Crippen LogP) is 4.26. The average molecular weight is 366 g/mol. The summed E-state index contributed by atoms with van der Waals surface area (Å²) >= 11 is 1.60. The van der Waals surface area contributed by atoms with Gasteiger partial charge in [-0.05, 0) is 42.3 Å². The molecule has 2 aromatic heterocycles. The van der Waals surface area contributed by atoms with Crippen molar-refractivity contribution in [1.82, 2.24) is 19.7 Å². The molecule has 1 aromatic carbocycles. The largest absolute Gasteiger partial charge is 0.333 e. The molecule has 0 aliphatic carbocycles. The Balaban J connectivity index is 1.75. The van der Waals surface area contributed by atoms with Crippen molar-refractivity contribution in [1.29, 1.82) is 0 Å². The third-order valence-electron chi connectivity index (χ3n) is 4.87. The molecule has 26 heavy (non-hydrogen) atoms. The number of likely N-dealkylation sites (tertiary alicyclic amines) is 1. The van der Waals surface area contributed by atoms with Crippen LogP contribution < -0.4 is 0 Å². The molecule has 4 rings (SSSR count). The lowest BCUT2D eigenvalue weighted by molar-refractivity contribution is 0.0689. The van der Waals surface area contributed by atoms with Crippen LogP contribution in [0.25, 0.3) is 16.4 Å². The minimum atomic E-state index is -0.0614. The number of rotatable bonds is 4. The molecule has 1 aliphatic heterocycles. The molecule has 0 saturated carbocycles. The lowest BCUT2D eigenvalue weighted by atomic mass is 10.0. The molecule has 1 aliphatic rings. The summed E-state index contributed by atoms with van der Waals surface area (Å²) in [6.45, 7) is 5.13. The van der Waals surface area contributed by atoms with E-state index in [2.05, 4.69) is 23.9 Å². The van der Waals surface area contributed by atoms with E-state index in [0.29, 0.717) is 5.92 Å². The molecule has 0 bridgehead atoms. The van der Waals surface area contributed by atoms with E-state index >= 15 is 0 Å². The molecule has 3 heterocycles. The van der Waals surface area contributed by atoms with Crippen LogP contribution in [0.5, 0.6) is 0 Å². The van der Waals surface area contributed by atoms with E-state index in [1.807, 2.05) is 52.7 Å². The second-order valence-electron chi connectivity index (χ2n) is 6.94. The van der Waals surface area contributed by atoms with Crippen LogP contribution in [0.2, 0.25) is 0 Å². The van der Waals surface area contributed by atoms with Gasteiger partial charge in [0.2, 0.25) is 5.82 Å². The quantitative estimate of drug-likeness (QED) is 0.693. The number of carbonyl (C=O) groups is 1. The lowest BCUT2D eigenvalue weighted by Crippen LogP contribution is -2.39. The predicted molar refractivity (Wildman–Crippen MR) is 104 cm³/mol. The monoisotopic (exact) mass is 366 g/mol. The van der Waals surface area contributed by atoms with E-state index in [-0.39, 0.29) is 17.8 Å². The number of carbonyl (C=O) groups excluding carboxylic acids is 1. The summed E-state index contributed by atoms with van der Waals surface area (Å²) in [7, 11) is 0. The van der Waals surface area contributed by atoms with Gasteiger partial charge in [-0.25, -0.2) is 9.67 Å². The highest BCUT2D eigenvalue weighted by Crippen LogP contribution is 2.28. The van der Waals surface area contributed by atoms with Crippen LogP contribution >= 0.6 is 11.3 Å². The lowest BCUT2D eigenvalue weighted by Gasteiger charge is -2.26. The molecule has 5 nitrogen and oxygen atoms in total. The fourth-order valence-electron chi connectivity index (χ4n) is 3.58. The second kappa shape index (κ2) is 7.03. The van der Waals surface area contributed by atoms with E-state index in [9.17, 15) is 4.79 Å². The fourth-order valence-corrected chi connectivity index (χ4v) is 4.28. The molecular weight excluding hydrogens is 344 g/mol. The van der Waals surface area contributed by atoms with Gasteiger partial charge in [-0.1, -0.05) is 38.1 Å². The number of thiophene rings is 1. The topological polar surface area (TPSA) is 51.0 Å². The van der Waals surface area contributed by atoms with Crippen LogP contribution in [0.4, 0.5) is 0 Å². The number of aromatic nitrogens is 3. The highest BCUT2D eigenvalue weighted by Gasteiger charge is 2.33. The molecule has 134 valence electrons. The Morgan fingerprint density at radius 2 is 2.00 bits per heavy atom. The van der Waals surface area contributed by atoms with Gasteiger partial charge < -0.3 is 4.90 Å². The van der Waals surface area contributed by atoms with Crippen molar-refractivity contribution >= 4 is 17.2 Å². The fraction of sp³-hybridized carbons (Fsp3) is 0.350. The molecular formula is C20H22N4OS. The standard InChI is InChI=1S/C20H22N4OS/c1-14(2)16-10-6-12-23(16)20(25)18-21-19(17-11-7-13-26-17)24(22-18)15-8-4-3-5-9-15/h3-5,7-9,11,13-14,16H,6,10,12H2,1-2H3/t16-/m1/s1. The SMILES string of the molecule is CC(C)[C@H]1CCCN1C(=O)c1nc(-c2cccs2)n(-c2ccccc2)n1. The van der Waals surface area contributed by atoms with Gasteiger partial charge in [-0.15, -0.1) is 16.4 Å². The maximum Gasteiger partial charge on any atom is 0.293 e. The average Bonchev–Trinajstić information content (AvgIpc) is 3.41. The highest BCUT2D eigenvalue weighted by atomic mass is 32.1. The Labute approximate surface area is 157 Å². The first kappa shape index (κ1) is 17.0. The van der Waals surface area contributed by atoms with Crippen LogP contribution in [0.3, 0.4) is 0 Å². The zero-order valence-electron chi connectivity index (χ0n) is 15.0. The summed E-state index contributed by atoms with van der Waals surface area (Å²) in [5.41, 5.74) is 0.907. The van der Waals surface area contributed by atoms with Crippen LogP contribution in [0.15, 0.2) is 47.8 Å². The third-order valence-corrected chi connectivity index (χ3v) is 5.74. The van der Waals surface area contributed by atoms with Gasteiger partial charge in [-0.2, -0.15) is 0 Å². The van der Waals surface area contributed by atoms with Crippen LogP contribution in [0.1, 0.15) is 37.3 Å². The first-order chi connectivity index (χ1) is 12.6. The maximum absolute atomic E-state index is 13.1. The Bertz CT molecular complexity index is 886. The molecule has 0 spiro atoms.